The van der Waals surface area contributed by atoms with Crippen molar-refractivity contribution in [3.8, 4) is 0 Å². The normalized spacial score (nSPS) is 18.3. The molecule has 1 saturated heterocycles. The highest BCUT2D eigenvalue weighted by molar-refractivity contribution is 7.88. The average molecular weight is 339 g/mol. The summed E-state index contributed by atoms with van der Waals surface area (Å²) in [5.41, 5.74) is 1.54. The van der Waals surface area contributed by atoms with E-state index < -0.39 is 10.0 Å². The third kappa shape index (κ3) is 5.60. The molecule has 128 valence electrons. The Bertz CT molecular complexity index is 638. The number of carbonyl (C=O) groups excluding carboxylic acids is 1. The van der Waals surface area contributed by atoms with E-state index in [0.29, 0.717) is 12.1 Å². The van der Waals surface area contributed by atoms with Gasteiger partial charge in [0.25, 0.3) is 0 Å². The highest BCUT2D eigenvalue weighted by atomic mass is 32.2. The minimum atomic E-state index is -3.39. The SMILES string of the molecule is CC(C)NS(=O)(=O)Cc1ccccc1CNC(=O)C1CCCN1. The first-order valence-corrected chi connectivity index (χ1v) is 9.60. The highest BCUT2D eigenvalue weighted by Gasteiger charge is 2.22. The standard InChI is InChI=1S/C16H25N3O3S/c1-12(2)19-23(21,22)11-14-7-4-3-6-13(14)10-18-16(20)15-8-5-9-17-15/h3-4,6-7,12,15,17,19H,5,8-11H2,1-2H3,(H,18,20). The fraction of sp³-hybridized carbons (Fsp3) is 0.562. The fourth-order valence-corrected chi connectivity index (χ4v) is 4.18. The first-order chi connectivity index (χ1) is 10.9. The van der Waals surface area contributed by atoms with Crippen LogP contribution in [0.3, 0.4) is 0 Å². The van der Waals surface area contributed by atoms with E-state index in [2.05, 4.69) is 15.4 Å². The monoisotopic (exact) mass is 339 g/mol. The van der Waals surface area contributed by atoms with Crippen molar-refractivity contribution in [2.24, 2.45) is 0 Å². The molecule has 6 nitrogen and oxygen atoms in total. The Labute approximate surface area is 138 Å². The predicted molar refractivity (Wildman–Crippen MR) is 90.2 cm³/mol. The van der Waals surface area contributed by atoms with Gasteiger partial charge in [-0.15, -0.1) is 0 Å². The number of sulfonamides is 1. The molecule has 23 heavy (non-hydrogen) atoms. The number of benzene rings is 1. The van der Waals surface area contributed by atoms with Crippen LogP contribution in [0.4, 0.5) is 0 Å². The largest absolute Gasteiger partial charge is 0.351 e. The number of hydrogen-bond acceptors (Lipinski definition) is 4. The van der Waals surface area contributed by atoms with E-state index in [1.165, 1.54) is 0 Å². The number of nitrogens with one attached hydrogen (secondary N) is 3. The minimum absolute atomic E-state index is 0.0273. The van der Waals surface area contributed by atoms with Gasteiger partial charge in [-0.25, -0.2) is 13.1 Å². The summed E-state index contributed by atoms with van der Waals surface area (Å²) in [6.45, 7) is 4.79. The summed E-state index contributed by atoms with van der Waals surface area (Å²) in [6, 6.07) is 7.02. The zero-order valence-electron chi connectivity index (χ0n) is 13.6. The van der Waals surface area contributed by atoms with Crippen molar-refractivity contribution < 1.29 is 13.2 Å². The van der Waals surface area contributed by atoms with E-state index in [9.17, 15) is 13.2 Å². The van der Waals surface area contributed by atoms with E-state index in [-0.39, 0.29) is 23.7 Å². The second kappa shape index (κ2) is 7.90. The summed E-state index contributed by atoms with van der Waals surface area (Å²) in [7, 11) is -3.39. The van der Waals surface area contributed by atoms with Gasteiger partial charge in [-0.05, 0) is 44.4 Å². The third-order valence-electron chi connectivity index (χ3n) is 3.71. The topological polar surface area (TPSA) is 87.3 Å². The Balaban J connectivity index is 2.01. The van der Waals surface area contributed by atoms with Crippen LogP contribution in [-0.2, 0) is 27.1 Å². The fourth-order valence-electron chi connectivity index (χ4n) is 2.69. The van der Waals surface area contributed by atoms with Gasteiger partial charge in [0, 0.05) is 12.6 Å². The lowest BCUT2D eigenvalue weighted by atomic mass is 10.1. The number of hydrogen-bond donors (Lipinski definition) is 3. The maximum atomic E-state index is 12.1. The molecule has 0 radical (unpaired) electrons. The summed E-state index contributed by atoms with van der Waals surface area (Å²) >= 11 is 0. The predicted octanol–water partition coefficient (Wildman–Crippen LogP) is 0.883. The Morgan fingerprint density at radius 3 is 2.61 bits per heavy atom. The molecule has 1 aliphatic rings. The van der Waals surface area contributed by atoms with Crippen molar-refractivity contribution in [3.63, 3.8) is 0 Å². The molecule has 1 aromatic rings. The van der Waals surface area contributed by atoms with Gasteiger partial charge in [0.1, 0.15) is 0 Å². The molecule has 2 rings (SSSR count). The van der Waals surface area contributed by atoms with Crippen LogP contribution in [0.1, 0.15) is 37.8 Å². The summed E-state index contributed by atoms with van der Waals surface area (Å²) in [5, 5.41) is 6.04. The third-order valence-corrected chi connectivity index (χ3v) is 5.23. The summed E-state index contributed by atoms with van der Waals surface area (Å²) in [6.07, 6.45) is 1.86. The summed E-state index contributed by atoms with van der Waals surface area (Å²) in [4.78, 5) is 12.1. The van der Waals surface area contributed by atoms with E-state index in [1.807, 2.05) is 18.2 Å². The van der Waals surface area contributed by atoms with Crippen LogP contribution >= 0.6 is 0 Å². The van der Waals surface area contributed by atoms with Crippen LogP contribution in [0.25, 0.3) is 0 Å². The first kappa shape index (κ1) is 17.9. The molecule has 0 aromatic heterocycles. The van der Waals surface area contributed by atoms with E-state index in [4.69, 9.17) is 0 Å². The molecule has 3 N–H and O–H groups in total. The molecular formula is C16H25N3O3S. The molecule has 1 amide bonds. The smallest absolute Gasteiger partial charge is 0.237 e. The maximum absolute atomic E-state index is 12.1. The van der Waals surface area contributed by atoms with Crippen molar-refractivity contribution in [1.29, 1.82) is 0 Å². The number of carbonyl (C=O) groups is 1. The lowest BCUT2D eigenvalue weighted by molar-refractivity contribution is -0.122. The van der Waals surface area contributed by atoms with Crippen molar-refractivity contribution in [1.82, 2.24) is 15.4 Å². The molecule has 1 fully saturated rings. The second-order valence-corrected chi connectivity index (χ2v) is 7.92. The molecule has 0 spiro atoms. The van der Waals surface area contributed by atoms with Crippen molar-refractivity contribution >= 4 is 15.9 Å². The van der Waals surface area contributed by atoms with Crippen molar-refractivity contribution in [3.05, 3.63) is 35.4 Å². The quantitative estimate of drug-likeness (QED) is 0.688. The Kier molecular flexibility index (Phi) is 6.15. The van der Waals surface area contributed by atoms with Crippen LogP contribution in [-0.4, -0.2) is 33.0 Å². The van der Waals surface area contributed by atoms with Crippen LogP contribution in [0, 0.1) is 0 Å². The zero-order valence-corrected chi connectivity index (χ0v) is 14.4. The highest BCUT2D eigenvalue weighted by Crippen LogP contribution is 2.13. The zero-order chi connectivity index (χ0) is 16.9. The lowest BCUT2D eigenvalue weighted by Gasteiger charge is -2.15. The Hall–Kier alpha value is -1.44. The molecule has 0 saturated carbocycles. The maximum Gasteiger partial charge on any atom is 0.237 e. The van der Waals surface area contributed by atoms with Gasteiger partial charge in [0.2, 0.25) is 15.9 Å². The summed E-state index contributed by atoms with van der Waals surface area (Å²) < 4.78 is 26.8. The molecule has 1 unspecified atom stereocenters. The van der Waals surface area contributed by atoms with Gasteiger partial charge < -0.3 is 10.6 Å². The number of amides is 1. The first-order valence-electron chi connectivity index (χ1n) is 7.95. The van der Waals surface area contributed by atoms with Gasteiger partial charge in [0.05, 0.1) is 11.8 Å². The van der Waals surface area contributed by atoms with Crippen molar-refractivity contribution in [2.75, 3.05) is 6.54 Å². The average Bonchev–Trinajstić information content (AvgIpc) is 2.98. The van der Waals surface area contributed by atoms with Gasteiger partial charge >= 0.3 is 0 Å². The Morgan fingerprint density at radius 2 is 2.00 bits per heavy atom. The summed E-state index contributed by atoms with van der Waals surface area (Å²) in [5.74, 6) is -0.112. The molecular weight excluding hydrogens is 314 g/mol. The van der Waals surface area contributed by atoms with Crippen LogP contribution in [0.2, 0.25) is 0 Å². The molecule has 0 aliphatic carbocycles. The van der Waals surface area contributed by atoms with Gasteiger partial charge in [-0.2, -0.15) is 0 Å². The van der Waals surface area contributed by atoms with Gasteiger partial charge in [-0.1, -0.05) is 24.3 Å². The van der Waals surface area contributed by atoms with Crippen molar-refractivity contribution in [2.45, 2.75) is 51.1 Å². The molecule has 1 atom stereocenters. The van der Waals surface area contributed by atoms with E-state index in [1.54, 1.807) is 19.9 Å². The molecule has 1 heterocycles. The minimum Gasteiger partial charge on any atom is -0.351 e. The second-order valence-electron chi connectivity index (χ2n) is 6.17. The molecule has 1 aromatic carbocycles. The van der Waals surface area contributed by atoms with Crippen LogP contribution < -0.4 is 15.4 Å². The van der Waals surface area contributed by atoms with Crippen LogP contribution in [0.15, 0.2) is 24.3 Å². The van der Waals surface area contributed by atoms with E-state index >= 15 is 0 Å². The molecule has 7 heteroatoms. The van der Waals surface area contributed by atoms with Gasteiger partial charge in [-0.3, -0.25) is 4.79 Å². The van der Waals surface area contributed by atoms with Gasteiger partial charge in [0.15, 0.2) is 0 Å². The van der Waals surface area contributed by atoms with Crippen LogP contribution in [0.5, 0.6) is 0 Å². The Morgan fingerprint density at radius 1 is 1.30 bits per heavy atom. The number of rotatable bonds is 7. The molecule has 1 aliphatic heterocycles. The van der Waals surface area contributed by atoms with E-state index in [0.717, 1.165) is 24.9 Å². The lowest BCUT2D eigenvalue weighted by Crippen LogP contribution is -2.40. The molecule has 0 bridgehead atoms.